The van der Waals surface area contributed by atoms with Gasteiger partial charge in [-0.15, -0.1) is 0 Å². The summed E-state index contributed by atoms with van der Waals surface area (Å²) in [5.74, 6) is 0.166. The monoisotopic (exact) mass is 319 g/mol. The number of aliphatic hydroxyl groups is 1. The van der Waals surface area contributed by atoms with E-state index in [1.807, 2.05) is 52.0 Å². The molecule has 0 amide bonds. The van der Waals surface area contributed by atoms with Crippen molar-refractivity contribution in [2.24, 2.45) is 10.5 Å². The first kappa shape index (κ1) is 16.6. The molecule has 0 radical (unpaired) electrons. The lowest BCUT2D eigenvalue weighted by molar-refractivity contribution is 0.253. The highest BCUT2D eigenvalue weighted by Crippen LogP contribution is 2.32. The Morgan fingerprint density at radius 3 is 2.73 bits per heavy atom. The molecular formula is C17H22ClN3O. The lowest BCUT2D eigenvalue weighted by Gasteiger charge is -2.25. The zero-order valence-electron chi connectivity index (χ0n) is 13.4. The average Bonchev–Trinajstić information content (AvgIpc) is 2.81. The molecule has 1 atom stereocenters. The van der Waals surface area contributed by atoms with E-state index in [4.69, 9.17) is 11.6 Å². The molecule has 0 bridgehead atoms. The summed E-state index contributed by atoms with van der Waals surface area (Å²) >= 11 is 6.00. The number of nitrogens with zero attached hydrogens (tertiary/aromatic N) is 2. The van der Waals surface area contributed by atoms with Gasteiger partial charge in [-0.05, 0) is 24.5 Å². The predicted molar refractivity (Wildman–Crippen MR) is 92.3 cm³/mol. The van der Waals surface area contributed by atoms with E-state index in [0.717, 1.165) is 11.3 Å². The second-order valence-corrected chi connectivity index (χ2v) is 6.66. The van der Waals surface area contributed by atoms with Gasteiger partial charge in [0, 0.05) is 10.6 Å². The number of allylic oxidation sites excluding steroid dienone is 5. The molecule has 5 heteroatoms. The molecule has 0 saturated carbocycles. The molecule has 2 N–H and O–H groups in total. The number of rotatable bonds is 3. The molecule has 0 saturated heterocycles. The van der Waals surface area contributed by atoms with Crippen molar-refractivity contribution in [3.05, 3.63) is 59.0 Å². The highest BCUT2D eigenvalue weighted by Gasteiger charge is 2.30. The SMILES string of the molecule is C=C/C(=C(O)\C(=C/C)N1N=C2C=C(Cl)C=CC2N1)C(C)(C)C. The lowest BCUT2D eigenvalue weighted by atomic mass is 9.85. The zero-order valence-corrected chi connectivity index (χ0v) is 14.1. The summed E-state index contributed by atoms with van der Waals surface area (Å²) in [5, 5.41) is 17.4. The Morgan fingerprint density at radius 2 is 2.18 bits per heavy atom. The van der Waals surface area contributed by atoms with Gasteiger partial charge in [0.15, 0.2) is 0 Å². The molecule has 1 unspecified atom stereocenters. The van der Waals surface area contributed by atoms with Gasteiger partial charge in [-0.1, -0.05) is 57.2 Å². The number of hydrazone groups is 1. The number of fused-ring (bicyclic) bond motifs is 1. The second kappa shape index (κ2) is 6.15. The van der Waals surface area contributed by atoms with Crippen molar-refractivity contribution in [1.29, 1.82) is 0 Å². The van der Waals surface area contributed by atoms with Crippen molar-refractivity contribution in [2.75, 3.05) is 0 Å². The number of hydrazine groups is 1. The summed E-state index contributed by atoms with van der Waals surface area (Å²) in [5.41, 5.74) is 5.17. The Hall–Kier alpha value is -1.78. The van der Waals surface area contributed by atoms with Gasteiger partial charge in [-0.3, -0.25) is 0 Å². The lowest BCUT2D eigenvalue weighted by Crippen LogP contribution is -2.37. The van der Waals surface area contributed by atoms with Crippen molar-refractivity contribution in [2.45, 2.75) is 33.7 Å². The summed E-state index contributed by atoms with van der Waals surface area (Å²) in [6.07, 6.45) is 9.08. The number of hydrogen-bond donors (Lipinski definition) is 2. The third kappa shape index (κ3) is 3.18. The fourth-order valence-electron chi connectivity index (χ4n) is 2.42. The van der Waals surface area contributed by atoms with Crippen LogP contribution in [0.5, 0.6) is 0 Å². The maximum atomic E-state index is 10.7. The van der Waals surface area contributed by atoms with Crippen LogP contribution in [0.2, 0.25) is 0 Å². The fraction of sp³-hybridized carbons (Fsp3) is 0.353. The first-order chi connectivity index (χ1) is 10.3. The van der Waals surface area contributed by atoms with Crippen LogP contribution in [-0.2, 0) is 0 Å². The first-order valence-electron chi connectivity index (χ1n) is 7.21. The number of hydrogen-bond acceptors (Lipinski definition) is 4. The molecule has 0 fully saturated rings. The smallest absolute Gasteiger partial charge is 0.145 e. The molecule has 118 valence electrons. The predicted octanol–water partition coefficient (Wildman–Crippen LogP) is 4.17. The molecule has 4 nitrogen and oxygen atoms in total. The van der Waals surface area contributed by atoms with Gasteiger partial charge in [-0.25, -0.2) is 0 Å². The van der Waals surface area contributed by atoms with Crippen LogP contribution in [0.15, 0.2) is 64.1 Å². The first-order valence-corrected chi connectivity index (χ1v) is 7.58. The quantitative estimate of drug-likeness (QED) is 0.606. The summed E-state index contributed by atoms with van der Waals surface area (Å²) in [7, 11) is 0. The molecule has 2 aliphatic rings. The maximum Gasteiger partial charge on any atom is 0.145 e. The van der Waals surface area contributed by atoms with Gasteiger partial charge in [0.05, 0.1) is 11.8 Å². The van der Waals surface area contributed by atoms with Gasteiger partial charge < -0.3 is 5.11 Å². The molecule has 0 aromatic heterocycles. The van der Waals surface area contributed by atoms with E-state index in [2.05, 4.69) is 17.1 Å². The van der Waals surface area contributed by atoms with E-state index in [1.54, 1.807) is 11.2 Å². The third-order valence-electron chi connectivity index (χ3n) is 3.54. The largest absolute Gasteiger partial charge is 0.505 e. The van der Waals surface area contributed by atoms with Gasteiger partial charge in [-0.2, -0.15) is 15.6 Å². The van der Waals surface area contributed by atoms with Crippen LogP contribution in [0.4, 0.5) is 0 Å². The molecule has 0 aromatic carbocycles. The van der Waals surface area contributed by atoms with Crippen LogP contribution in [0.25, 0.3) is 0 Å². The second-order valence-electron chi connectivity index (χ2n) is 6.22. The molecule has 1 aliphatic heterocycles. The molecule has 2 rings (SSSR count). The van der Waals surface area contributed by atoms with Crippen LogP contribution in [0.3, 0.4) is 0 Å². The number of aliphatic hydroxyl groups excluding tert-OH is 1. The van der Waals surface area contributed by atoms with Gasteiger partial charge in [0.25, 0.3) is 0 Å². The van der Waals surface area contributed by atoms with E-state index in [1.165, 1.54) is 0 Å². The van der Waals surface area contributed by atoms with Crippen molar-refractivity contribution < 1.29 is 5.11 Å². The minimum absolute atomic E-state index is 0.0351. The Kier molecular flexibility index (Phi) is 4.63. The van der Waals surface area contributed by atoms with Crippen molar-refractivity contribution in [1.82, 2.24) is 10.5 Å². The third-order valence-corrected chi connectivity index (χ3v) is 3.78. The van der Waals surface area contributed by atoms with Crippen molar-refractivity contribution >= 4 is 17.3 Å². The Bertz CT molecular complexity index is 633. The summed E-state index contributed by atoms with van der Waals surface area (Å²) in [6.45, 7) is 11.8. The topological polar surface area (TPSA) is 47.9 Å². The fourth-order valence-corrected chi connectivity index (χ4v) is 2.61. The highest BCUT2D eigenvalue weighted by atomic mass is 35.5. The van der Waals surface area contributed by atoms with Crippen molar-refractivity contribution in [3.8, 4) is 0 Å². The van der Waals surface area contributed by atoms with Gasteiger partial charge in [0.2, 0.25) is 0 Å². The average molecular weight is 320 g/mol. The maximum absolute atomic E-state index is 10.7. The highest BCUT2D eigenvalue weighted by molar-refractivity contribution is 6.33. The molecule has 1 aliphatic carbocycles. The summed E-state index contributed by atoms with van der Waals surface area (Å²) in [6, 6.07) is -0.0351. The van der Waals surface area contributed by atoms with Crippen LogP contribution in [-0.4, -0.2) is 22.0 Å². The van der Waals surface area contributed by atoms with Crippen molar-refractivity contribution in [3.63, 3.8) is 0 Å². The van der Waals surface area contributed by atoms with E-state index >= 15 is 0 Å². The standard InChI is InChI=1S/C17H22ClN3O/c1-6-12(17(3,4)5)16(22)15(7-2)21-19-13-9-8-11(18)10-14(13)20-21/h6-10,13,19,22H,1H2,2-5H3/b15-7+,16-12-. The Morgan fingerprint density at radius 1 is 1.50 bits per heavy atom. The minimum Gasteiger partial charge on any atom is -0.505 e. The number of nitrogens with one attached hydrogen (secondary N) is 1. The van der Waals surface area contributed by atoms with Crippen LogP contribution in [0, 0.1) is 5.41 Å². The van der Waals surface area contributed by atoms with Crippen LogP contribution in [0.1, 0.15) is 27.7 Å². The summed E-state index contributed by atoms with van der Waals surface area (Å²) < 4.78 is 0. The van der Waals surface area contributed by atoms with E-state index in [0.29, 0.717) is 10.7 Å². The van der Waals surface area contributed by atoms with E-state index in [-0.39, 0.29) is 17.2 Å². The molecule has 1 heterocycles. The number of halogens is 1. The molecular weight excluding hydrogens is 298 g/mol. The molecule has 22 heavy (non-hydrogen) atoms. The summed E-state index contributed by atoms with van der Waals surface area (Å²) in [4.78, 5) is 0. The normalized spacial score (nSPS) is 22.9. The minimum atomic E-state index is -0.219. The van der Waals surface area contributed by atoms with E-state index < -0.39 is 0 Å². The zero-order chi connectivity index (χ0) is 16.5. The Labute approximate surface area is 136 Å². The van der Waals surface area contributed by atoms with Crippen LogP contribution < -0.4 is 5.43 Å². The molecule has 0 aromatic rings. The van der Waals surface area contributed by atoms with Gasteiger partial charge >= 0.3 is 0 Å². The Balaban J connectivity index is 2.38. The van der Waals surface area contributed by atoms with Gasteiger partial charge in [0.1, 0.15) is 11.5 Å². The van der Waals surface area contributed by atoms with E-state index in [9.17, 15) is 5.11 Å². The molecule has 0 spiro atoms. The van der Waals surface area contributed by atoms with Crippen LogP contribution >= 0.6 is 11.6 Å².